The molecule has 0 radical (unpaired) electrons. The quantitative estimate of drug-likeness (QED) is 0.907. The van der Waals surface area contributed by atoms with E-state index in [2.05, 4.69) is 10.3 Å². The van der Waals surface area contributed by atoms with E-state index in [1.807, 2.05) is 4.90 Å². The summed E-state index contributed by atoms with van der Waals surface area (Å²) in [5.41, 5.74) is 1.74. The van der Waals surface area contributed by atoms with Gasteiger partial charge in [-0.2, -0.15) is 0 Å². The molecule has 0 saturated carbocycles. The fourth-order valence-corrected chi connectivity index (χ4v) is 3.99. The average Bonchev–Trinajstić information content (AvgIpc) is 3.28. The van der Waals surface area contributed by atoms with Gasteiger partial charge < -0.3 is 10.0 Å². The lowest BCUT2D eigenvalue weighted by molar-refractivity contribution is -0.134. The van der Waals surface area contributed by atoms with Crippen molar-refractivity contribution in [1.82, 2.24) is 19.9 Å². The smallest absolute Gasteiger partial charge is 0.358 e. The molecule has 1 aromatic heterocycles. The summed E-state index contributed by atoms with van der Waals surface area (Å²) in [5.74, 6) is -1.56. The number of rotatable bonds is 3. The van der Waals surface area contributed by atoms with Crippen molar-refractivity contribution >= 4 is 11.9 Å². The number of aryl methyl sites for hydroxylation is 1. The minimum Gasteiger partial charge on any atom is -0.476 e. The Morgan fingerprint density at radius 2 is 2.12 bits per heavy atom. The Morgan fingerprint density at radius 3 is 2.88 bits per heavy atom. The van der Waals surface area contributed by atoms with E-state index in [0.29, 0.717) is 25.9 Å². The maximum atomic E-state index is 13.4. The lowest BCUT2D eigenvalue weighted by atomic mass is 9.97. The Balaban J connectivity index is 1.50. The highest BCUT2D eigenvalue weighted by atomic mass is 19.1. The number of halogens is 1. The summed E-state index contributed by atoms with van der Waals surface area (Å²) in [5, 5.41) is 16.5. The van der Waals surface area contributed by atoms with E-state index in [4.69, 9.17) is 5.11 Å². The van der Waals surface area contributed by atoms with Gasteiger partial charge in [-0.3, -0.25) is 4.79 Å². The number of benzene rings is 1. The maximum absolute atomic E-state index is 13.4. The van der Waals surface area contributed by atoms with Crippen LogP contribution in [0.5, 0.6) is 0 Å². The van der Waals surface area contributed by atoms with E-state index in [1.54, 1.807) is 10.7 Å². The molecule has 1 aliphatic heterocycles. The second-order valence-electron chi connectivity index (χ2n) is 6.90. The van der Waals surface area contributed by atoms with Crippen molar-refractivity contribution in [2.24, 2.45) is 0 Å². The van der Waals surface area contributed by atoms with Gasteiger partial charge in [-0.25, -0.2) is 13.9 Å². The highest BCUT2D eigenvalue weighted by molar-refractivity contribution is 5.85. The predicted molar refractivity (Wildman–Crippen MR) is 89.3 cm³/mol. The van der Waals surface area contributed by atoms with Gasteiger partial charge in [0.05, 0.1) is 18.2 Å². The van der Waals surface area contributed by atoms with E-state index < -0.39 is 5.97 Å². The van der Waals surface area contributed by atoms with Crippen LogP contribution in [0.2, 0.25) is 0 Å². The van der Waals surface area contributed by atoms with Crippen LogP contribution in [0, 0.1) is 5.82 Å². The van der Waals surface area contributed by atoms with Crippen LogP contribution >= 0.6 is 0 Å². The highest BCUT2D eigenvalue weighted by Crippen LogP contribution is 2.36. The lowest BCUT2D eigenvalue weighted by Gasteiger charge is -2.34. The molecule has 2 atom stereocenters. The second kappa shape index (κ2) is 6.51. The van der Waals surface area contributed by atoms with Gasteiger partial charge in [0.1, 0.15) is 5.82 Å². The number of hydrogen-bond acceptors (Lipinski definition) is 4. The third-order valence-corrected chi connectivity index (χ3v) is 5.29. The van der Waals surface area contributed by atoms with Crippen LogP contribution in [-0.2, 0) is 11.2 Å². The van der Waals surface area contributed by atoms with Gasteiger partial charge in [-0.15, -0.1) is 5.10 Å². The van der Waals surface area contributed by atoms with Crippen LogP contribution < -0.4 is 0 Å². The monoisotopic (exact) mass is 358 g/mol. The summed E-state index contributed by atoms with van der Waals surface area (Å²) in [7, 11) is 0. The van der Waals surface area contributed by atoms with E-state index >= 15 is 0 Å². The molecule has 1 N–H and O–H groups in total. The molecular weight excluding hydrogens is 339 g/mol. The number of amides is 1. The van der Waals surface area contributed by atoms with E-state index in [1.165, 1.54) is 18.3 Å². The molecule has 136 valence electrons. The molecule has 2 aromatic rings. The van der Waals surface area contributed by atoms with E-state index in [-0.39, 0.29) is 29.4 Å². The summed E-state index contributed by atoms with van der Waals surface area (Å²) >= 11 is 0. The Morgan fingerprint density at radius 1 is 1.27 bits per heavy atom. The van der Waals surface area contributed by atoms with Crippen molar-refractivity contribution < 1.29 is 19.1 Å². The summed E-state index contributed by atoms with van der Waals surface area (Å²) < 4.78 is 14.9. The van der Waals surface area contributed by atoms with Gasteiger partial charge in [0.2, 0.25) is 5.91 Å². The van der Waals surface area contributed by atoms with Crippen LogP contribution in [0.15, 0.2) is 24.4 Å². The molecule has 2 aliphatic rings. The number of piperidine rings is 1. The average molecular weight is 358 g/mol. The van der Waals surface area contributed by atoms with Crippen molar-refractivity contribution in [3.8, 4) is 0 Å². The zero-order valence-corrected chi connectivity index (χ0v) is 14.1. The minimum atomic E-state index is -1.12. The van der Waals surface area contributed by atoms with Crippen molar-refractivity contribution in [3.05, 3.63) is 47.0 Å². The molecule has 2 unspecified atom stereocenters. The van der Waals surface area contributed by atoms with Crippen molar-refractivity contribution in [2.75, 3.05) is 13.1 Å². The fourth-order valence-electron chi connectivity index (χ4n) is 3.99. The van der Waals surface area contributed by atoms with Gasteiger partial charge in [0.15, 0.2) is 5.69 Å². The lowest BCUT2D eigenvalue weighted by Crippen LogP contribution is -2.42. The number of hydrogen-bond donors (Lipinski definition) is 1. The van der Waals surface area contributed by atoms with Gasteiger partial charge in [-0.1, -0.05) is 11.3 Å². The number of carbonyl (C=O) groups is 2. The number of likely N-dealkylation sites (tertiary alicyclic amines) is 1. The molecule has 2 heterocycles. The molecule has 26 heavy (non-hydrogen) atoms. The number of carboxylic acids is 1. The highest BCUT2D eigenvalue weighted by Gasteiger charge is 2.34. The fraction of sp³-hybridized carbons (Fsp3) is 0.444. The third kappa shape index (κ3) is 2.95. The number of aromatic nitrogens is 3. The molecular formula is C18H19FN4O3. The molecule has 0 bridgehead atoms. The van der Waals surface area contributed by atoms with Crippen LogP contribution in [0.25, 0.3) is 0 Å². The topological polar surface area (TPSA) is 88.3 Å². The third-order valence-electron chi connectivity index (χ3n) is 5.29. The Kier molecular flexibility index (Phi) is 4.18. The first-order valence-corrected chi connectivity index (χ1v) is 8.75. The Labute approximate surface area is 149 Å². The molecule has 1 aliphatic carbocycles. The van der Waals surface area contributed by atoms with Crippen LogP contribution in [0.1, 0.15) is 52.8 Å². The van der Waals surface area contributed by atoms with E-state index in [0.717, 1.165) is 24.0 Å². The van der Waals surface area contributed by atoms with Crippen molar-refractivity contribution in [3.63, 3.8) is 0 Å². The number of nitrogens with zero attached hydrogens (tertiary/aromatic N) is 4. The molecule has 4 rings (SSSR count). The number of aromatic carboxylic acids is 1. The summed E-state index contributed by atoms with van der Waals surface area (Å²) in [6.45, 7) is 1.15. The van der Waals surface area contributed by atoms with Crippen molar-refractivity contribution in [1.29, 1.82) is 0 Å². The first-order valence-electron chi connectivity index (χ1n) is 8.75. The Hall–Kier alpha value is -2.77. The summed E-state index contributed by atoms with van der Waals surface area (Å²) in [6.07, 6.45) is 4.46. The van der Waals surface area contributed by atoms with Gasteiger partial charge >= 0.3 is 5.97 Å². The van der Waals surface area contributed by atoms with Crippen LogP contribution in [-0.4, -0.2) is 50.0 Å². The SMILES string of the molecule is O=C(O)c1cn(C2CCCN(C(=O)C3CCc4cc(F)ccc43)C2)nn1. The number of carboxylic acid groups (broad SMARTS) is 1. The Bertz CT molecular complexity index is 866. The van der Waals surface area contributed by atoms with Gasteiger partial charge in [-0.05, 0) is 48.9 Å². The molecule has 8 heteroatoms. The molecule has 1 saturated heterocycles. The zero-order valence-electron chi connectivity index (χ0n) is 14.1. The zero-order chi connectivity index (χ0) is 18.3. The number of carbonyl (C=O) groups excluding carboxylic acids is 1. The molecule has 7 nitrogen and oxygen atoms in total. The molecule has 1 amide bonds. The van der Waals surface area contributed by atoms with E-state index in [9.17, 15) is 14.0 Å². The van der Waals surface area contributed by atoms with Gasteiger partial charge in [0, 0.05) is 13.1 Å². The van der Waals surface area contributed by atoms with Crippen LogP contribution in [0.4, 0.5) is 4.39 Å². The summed E-state index contributed by atoms with van der Waals surface area (Å²) in [4.78, 5) is 25.8. The molecule has 1 aromatic carbocycles. The maximum Gasteiger partial charge on any atom is 0.358 e. The number of fused-ring (bicyclic) bond motifs is 1. The predicted octanol–water partition coefficient (Wildman–Crippen LogP) is 2.01. The normalized spacial score (nSPS) is 22.3. The largest absolute Gasteiger partial charge is 0.476 e. The van der Waals surface area contributed by atoms with Crippen molar-refractivity contribution in [2.45, 2.75) is 37.6 Å². The molecule has 0 spiro atoms. The second-order valence-corrected chi connectivity index (χ2v) is 6.90. The standard InChI is InChI=1S/C18H19FN4O3/c19-12-4-6-14-11(8-12)3-5-15(14)17(24)22-7-1-2-13(9-22)23-10-16(18(25)26)20-21-23/h4,6,8,10,13,15H,1-3,5,7,9H2,(H,25,26). The van der Waals surface area contributed by atoms with Crippen LogP contribution in [0.3, 0.4) is 0 Å². The molecule has 1 fully saturated rings. The summed E-state index contributed by atoms with van der Waals surface area (Å²) in [6, 6.07) is 4.57. The first-order chi connectivity index (χ1) is 12.5. The minimum absolute atomic E-state index is 0.0543. The first kappa shape index (κ1) is 16.7. The van der Waals surface area contributed by atoms with Gasteiger partial charge in [0.25, 0.3) is 0 Å².